The van der Waals surface area contributed by atoms with Crippen LogP contribution in [0.3, 0.4) is 0 Å². The minimum atomic E-state index is -2.48. The SMILES string of the molecule is C=C(CO[Si](C)(C)OCC(=C)C(=O)OC)C(=O)OC. The summed E-state index contributed by atoms with van der Waals surface area (Å²) < 4.78 is 20.0. The molecular weight excluding hydrogens is 268 g/mol. The third kappa shape index (κ3) is 6.90. The molecule has 0 bridgehead atoms. The lowest BCUT2D eigenvalue weighted by molar-refractivity contribution is -0.137. The highest BCUT2D eigenvalue weighted by atomic mass is 28.4. The molecule has 0 radical (unpaired) electrons. The van der Waals surface area contributed by atoms with Crippen LogP contribution in [0.5, 0.6) is 0 Å². The van der Waals surface area contributed by atoms with E-state index in [0.29, 0.717) is 0 Å². The molecule has 0 fully saturated rings. The molecule has 0 aromatic heterocycles. The van der Waals surface area contributed by atoms with Crippen molar-refractivity contribution < 1.29 is 27.9 Å². The van der Waals surface area contributed by atoms with Gasteiger partial charge in [0.2, 0.25) is 0 Å². The lowest BCUT2D eigenvalue weighted by Crippen LogP contribution is -2.37. The number of hydrogen-bond acceptors (Lipinski definition) is 6. The van der Waals surface area contributed by atoms with Crippen molar-refractivity contribution in [2.45, 2.75) is 13.1 Å². The van der Waals surface area contributed by atoms with Crippen molar-refractivity contribution in [1.82, 2.24) is 0 Å². The van der Waals surface area contributed by atoms with E-state index in [0.717, 1.165) is 0 Å². The van der Waals surface area contributed by atoms with Crippen LogP contribution in [-0.2, 0) is 27.9 Å². The highest BCUT2D eigenvalue weighted by molar-refractivity contribution is 6.64. The Morgan fingerprint density at radius 1 is 0.895 bits per heavy atom. The predicted molar refractivity (Wildman–Crippen MR) is 71.7 cm³/mol. The molecule has 0 aromatic carbocycles. The molecule has 19 heavy (non-hydrogen) atoms. The van der Waals surface area contributed by atoms with E-state index >= 15 is 0 Å². The highest BCUT2D eigenvalue weighted by Crippen LogP contribution is 2.10. The van der Waals surface area contributed by atoms with Gasteiger partial charge in [0.25, 0.3) is 0 Å². The van der Waals surface area contributed by atoms with E-state index in [9.17, 15) is 9.59 Å². The zero-order valence-electron chi connectivity index (χ0n) is 11.8. The standard InChI is InChI=1S/C12H20O6Si/c1-9(11(13)15-3)7-17-19(5,6)18-8-10(2)12(14)16-4/h1-2,7-8H2,3-6H3. The largest absolute Gasteiger partial charge is 0.466 e. The van der Waals surface area contributed by atoms with Crippen molar-refractivity contribution in [1.29, 1.82) is 0 Å². The average Bonchev–Trinajstić information content (AvgIpc) is 2.40. The number of methoxy groups -OCH3 is 2. The molecule has 0 atom stereocenters. The highest BCUT2D eigenvalue weighted by Gasteiger charge is 2.26. The molecular formula is C12H20O6Si. The summed E-state index contributed by atoms with van der Waals surface area (Å²) in [6.07, 6.45) is 0. The van der Waals surface area contributed by atoms with E-state index in [1.54, 1.807) is 13.1 Å². The van der Waals surface area contributed by atoms with Gasteiger partial charge in [0.1, 0.15) is 0 Å². The summed E-state index contributed by atoms with van der Waals surface area (Å²) in [7, 11) is 0.0582. The first-order valence-corrected chi connectivity index (χ1v) is 8.35. The predicted octanol–water partition coefficient (Wildman–Crippen LogP) is 1.18. The van der Waals surface area contributed by atoms with Crippen LogP contribution in [-0.4, -0.2) is 47.9 Å². The van der Waals surface area contributed by atoms with Gasteiger partial charge in [-0.05, 0) is 13.1 Å². The minimum Gasteiger partial charge on any atom is -0.466 e. The maximum atomic E-state index is 11.1. The van der Waals surface area contributed by atoms with Crippen LogP contribution in [0.25, 0.3) is 0 Å². The van der Waals surface area contributed by atoms with Gasteiger partial charge in [0.05, 0.1) is 38.6 Å². The molecule has 0 saturated carbocycles. The summed E-state index contributed by atoms with van der Waals surface area (Å²) in [5.41, 5.74) is 0.414. The summed E-state index contributed by atoms with van der Waals surface area (Å²) in [5.74, 6) is -1.05. The molecule has 108 valence electrons. The summed E-state index contributed by atoms with van der Waals surface area (Å²) >= 11 is 0. The third-order valence-corrected chi connectivity index (χ3v) is 3.82. The Balaban J connectivity index is 4.19. The van der Waals surface area contributed by atoms with Crippen LogP contribution in [0, 0.1) is 0 Å². The van der Waals surface area contributed by atoms with Crippen LogP contribution in [0.4, 0.5) is 0 Å². The molecule has 6 nitrogen and oxygen atoms in total. The Kier molecular flexibility index (Phi) is 7.28. The number of esters is 2. The van der Waals surface area contributed by atoms with Crippen molar-refractivity contribution in [3.8, 4) is 0 Å². The maximum absolute atomic E-state index is 11.1. The fourth-order valence-corrected chi connectivity index (χ4v) is 2.10. The summed E-state index contributed by atoms with van der Waals surface area (Å²) in [4.78, 5) is 22.2. The first-order valence-electron chi connectivity index (χ1n) is 5.53. The number of carbonyl (C=O) groups is 2. The molecule has 0 spiro atoms. The normalized spacial score (nSPS) is 10.7. The molecule has 0 aliphatic rings. The second-order valence-corrected chi connectivity index (χ2v) is 7.54. The van der Waals surface area contributed by atoms with E-state index in [4.69, 9.17) is 8.85 Å². The molecule has 0 aliphatic heterocycles. The topological polar surface area (TPSA) is 71.1 Å². The van der Waals surface area contributed by atoms with Gasteiger partial charge in [-0.3, -0.25) is 0 Å². The monoisotopic (exact) mass is 288 g/mol. The molecule has 0 N–H and O–H groups in total. The number of hydrogen-bond donors (Lipinski definition) is 0. The van der Waals surface area contributed by atoms with Gasteiger partial charge < -0.3 is 18.3 Å². The second kappa shape index (κ2) is 7.88. The van der Waals surface area contributed by atoms with Gasteiger partial charge in [0, 0.05) is 0 Å². The first kappa shape index (κ1) is 17.6. The van der Waals surface area contributed by atoms with Crippen LogP contribution in [0.1, 0.15) is 0 Å². The van der Waals surface area contributed by atoms with Gasteiger partial charge in [-0.1, -0.05) is 13.2 Å². The molecule has 0 aliphatic carbocycles. The van der Waals surface area contributed by atoms with Crippen molar-refractivity contribution in [2.75, 3.05) is 27.4 Å². The Labute approximate surface area is 114 Å². The van der Waals surface area contributed by atoms with E-state index in [1.807, 2.05) is 0 Å². The number of rotatable bonds is 8. The smallest absolute Gasteiger partial charge is 0.335 e. The van der Waals surface area contributed by atoms with Crippen molar-refractivity contribution in [3.05, 3.63) is 24.3 Å². The van der Waals surface area contributed by atoms with Gasteiger partial charge >= 0.3 is 20.5 Å². The summed E-state index contributed by atoms with van der Waals surface area (Å²) in [6, 6.07) is 0. The average molecular weight is 288 g/mol. The molecule has 0 aromatic rings. The first-order chi connectivity index (χ1) is 8.73. The van der Waals surface area contributed by atoms with Gasteiger partial charge in [-0.15, -0.1) is 0 Å². The van der Waals surface area contributed by atoms with Gasteiger partial charge in [0.15, 0.2) is 0 Å². The maximum Gasteiger partial charge on any atom is 0.335 e. The van der Waals surface area contributed by atoms with Crippen LogP contribution < -0.4 is 0 Å². The quantitative estimate of drug-likeness (QED) is 0.379. The fraction of sp³-hybridized carbons (Fsp3) is 0.500. The zero-order valence-corrected chi connectivity index (χ0v) is 12.8. The Morgan fingerprint density at radius 2 is 1.21 bits per heavy atom. The van der Waals surface area contributed by atoms with E-state index in [-0.39, 0.29) is 24.4 Å². The van der Waals surface area contributed by atoms with Crippen LogP contribution in [0.15, 0.2) is 24.3 Å². The second-order valence-electron chi connectivity index (χ2n) is 4.17. The van der Waals surface area contributed by atoms with E-state index in [2.05, 4.69) is 22.6 Å². The van der Waals surface area contributed by atoms with Crippen molar-refractivity contribution in [3.63, 3.8) is 0 Å². The van der Waals surface area contributed by atoms with E-state index in [1.165, 1.54) is 14.2 Å². The Bertz CT molecular complexity index is 340. The Hall–Kier alpha value is -1.44. The van der Waals surface area contributed by atoms with Crippen LogP contribution >= 0.6 is 0 Å². The fourth-order valence-electron chi connectivity index (χ4n) is 0.970. The van der Waals surface area contributed by atoms with Crippen LogP contribution in [0.2, 0.25) is 13.1 Å². The van der Waals surface area contributed by atoms with Crippen molar-refractivity contribution >= 4 is 20.5 Å². The summed E-state index contributed by atoms with van der Waals surface area (Å²) in [6.45, 7) is 10.7. The molecule has 7 heteroatoms. The molecule has 0 unspecified atom stereocenters. The molecule has 0 amide bonds. The van der Waals surface area contributed by atoms with Gasteiger partial charge in [-0.25, -0.2) is 9.59 Å². The molecule has 0 heterocycles. The lowest BCUT2D eigenvalue weighted by atomic mass is 10.3. The minimum absolute atomic E-state index is 0.0244. The molecule has 0 saturated heterocycles. The Morgan fingerprint density at radius 3 is 1.47 bits per heavy atom. The summed E-state index contributed by atoms with van der Waals surface area (Å²) in [5, 5.41) is 0. The van der Waals surface area contributed by atoms with Gasteiger partial charge in [-0.2, -0.15) is 0 Å². The lowest BCUT2D eigenvalue weighted by Gasteiger charge is -2.23. The van der Waals surface area contributed by atoms with E-state index < -0.39 is 20.5 Å². The van der Waals surface area contributed by atoms with Crippen molar-refractivity contribution in [2.24, 2.45) is 0 Å². The molecule has 0 rings (SSSR count). The third-order valence-electron chi connectivity index (χ3n) is 2.14. The number of ether oxygens (including phenoxy) is 2. The number of carbonyl (C=O) groups excluding carboxylic acids is 2. The zero-order chi connectivity index (χ0) is 15.1.